The number of aryl methyl sites for hydroxylation is 1. The zero-order valence-electron chi connectivity index (χ0n) is 11.7. The summed E-state index contributed by atoms with van der Waals surface area (Å²) in [5.74, 6) is 0. The monoisotopic (exact) mass is 340 g/mol. The van der Waals surface area contributed by atoms with Crippen LogP contribution in [-0.4, -0.2) is 5.60 Å². The van der Waals surface area contributed by atoms with E-state index >= 15 is 0 Å². The fraction of sp³-hybridized carbons (Fsp3) is 0.571. The van der Waals surface area contributed by atoms with Gasteiger partial charge in [0.1, 0.15) is 0 Å². The summed E-state index contributed by atoms with van der Waals surface area (Å²) >= 11 is 2.30. The number of benzene rings is 1. The van der Waals surface area contributed by atoms with Gasteiger partial charge in [0.2, 0.25) is 0 Å². The van der Waals surface area contributed by atoms with Crippen LogP contribution < -0.4 is 24.0 Å². The van der Waals surface area contributed by atoms with E-state index < -0.39 is 5.60 Å². The summed E-state index contributed by atoms with van der Waals surface area (Å²) in [4.78, 5) is 0. The largest absolute Gasteiger partial charge is 1.00 e. The Bertz CT molecular complexity index is 252. The van der Waals surface area contributed by atoms with E-state index in [0.717, 1.165) is 19.3 Å². The van der Waals surface area contributed by atoms with E-state index in [2.05, 4.69) is 53.8 Å². The third-order valence-corrected chi connectivity index (χ3v) is 3.66. The molecule has 0 atom stereocenters. The minimum atomic E-state index is -0.625. The molecule has 0 saturated heterocycles. The molecule has 0 amide bonds. The quantitative estimate of drug-likeness (QED) is 0.593. The molecule has 1 aromatic rings. The molecule has 0 saturated carbocycles. The van der Waals surface area contributed by atoms with Gasteiger partial charge in [-0.3, -0.25) is 0 Å². The maximum atomic E-state index is 11.2. The fourth-order valence-corrected chi connectivity index (χ4v) is 1.64. The molecule has 0 N–H and O–H groups in total. The summed E-state index contributed by atoms with van der Waals surface area (Å²) in [5, 5.41) is 11.2. The van der Waals surface area contributed by atoms with E-state index in [9.17, 15) is 5.11 Å². The first kappa shape index (κ1) is 19.8. The standard InChI is InChI=1S/C7H7I.C7H15O.Li/c1-6-2-4-7(8)5-3-6;1-4-7(8,5-2)6-3;/h2-5H,1H3;4-6H2,1-3H3;/q;-1;+1. The molecule has 0 aliphatic carbocycles. The first-order chi connectivity index (χ1) is 7.47. The molecule has 0 bridgehead atoms. The summed E-state index contributed by atoms with van der Waals surface area (Å²) in [6, 6.07) is 8.44. The second kappa shape index (κ2) is 10.4. The molecular weight excluding hydrogens is 318 g/mol. The molecule has 0 aromatic heterocycles. The second-order valence-electron chi connectivity index (χ2n) is 4.04. The molecule has 17 heavy (non-hydrogen) atoms. The van der Waals surface area contributed by atoms with E-state index in [-0.39, 0.29) is 18.9 Å². The summed E-state index contributed by atoms with van der Waals surface area (Å²) in [7, 11) is 0. The Labute approximate surface area is 132 Å². The number of rotatable bonds is 3. The Morgan fingerprint density at radius 2 is 1.35 bits per heavy atom. The van der Waals surface area contributed by atoms with E-state index in [4.69, 9.17) is 0 Å². The van der Waals surface area contributed by atoms with Crippen LogP contribution in [0.15, 0.2) is 24.3 Å². The van der Waals surface area contributed by atoms with E-state index in [1.807, 2.05) is 20.8 Å². The maximum Gasteiger partial charge on any atom is 1.00 e. The van der Waals surface area contributed by atoms with Gasteiger partial charge in [-0.15, -0.1) is 5.60 Å². The molecule has 92 valence electrons. The zero-order chi connectivity index (χ0) is 12.6. The molecule has 3 heteroatoms. The van der Waals surface area contributed by atoms with Crippen molar-refractivity contribution in [2.45, 2.75) is 52.6 Å². The summed E-state index contributed by atoms with van der Waals surface area (Å²) in [6.07, 6.45) is 2.29. The van der Waals surface area contributed by atoms with Crippen molar-refractivity contribution in [3.63, 3.8) is 0 Å². The van der Waals surface area contributed by atoms with Crippen molar-refractivity contribution in [2.75, 3.05) is 0 Å². The number of halogens is 1. The maximum absolute atomic E-state index is 11.2. The van der Waals surface area contributed by atoms with Crippen LogP contribution in [0.2, 0.25) is 0 Å². The van der Waals surface area contributed by atoms with Crippen molar-refractivity contribution in [3.05, 3.63) is 33.4 Å². The van der Waals surface area contributed by atoms with Crippen LogP contribution in [0, 0.1) is 10.5 Å². The predicted octanol–water partition coefficient (Wildman–Crippen LogP) is 0.919. The van der Waals surface area contributed by atoms with Gasteiger partial charge in [0.15, 0.2) is 0 Å². The van der Waals surface area contributed by atoms with Crippen LogP contribution in [0.25, 0.3) is 0 Å². The Morgan fingerprint density at radius 3 is 1.53 bits per heavy atom. The molecule has 0 spiro atoms. The Morgan fingerprint density at radius 1 is 1.00 bits per heavy atom. The molecule has 1 nitrogen and oxygen atoms in total. The van der Waals surface area contributed by atoms with E-state index in [1.54, 1.807) is 0 Å². The van der Waals surface area contributed by atoms with Gasteiger partial charge in [-0.25, -0.2) is 0 Å². The van der Waals surface area contributed by atoms with Crippen LogP contribution in [0.1, 0.15) is 45.6 Å². The van der Waals surface area contributed by atoms with Gasteiger partial charge in [-0.1, -0.05) is 57.7 Å². The number of hydrogen-bond donors (Lipinski definition) is 0. The van der Waals surface area contributed by atoms with Crippen LogP contribution in [0.5, 0.6) is 0 Å². The summed E-state index contributed by atoms with van der Waals surface area (Å²) in [5.41, 5.74) is 0.699. The van der Waals surface area contributed by atoms with Gasteiger partial charge in [-0.2, -0.15) is 0 Å². The van der Waals surface area contributed by atoms with E-state index in [1.165, 1.54) is 9.13 Å². The normalized spacial score (nSPS) is 10.0. The van der Waals surface area contributed by atoms with Gasteiger partial charge < -0.3 is 5.11 Å². The van der Waals surface area contributed by atoms with Gasteiger partial charge in [0.25, 0.3) is 0 Å². The van der Waals surface area contributed by atoms with Crippen LogP contribution in [-0.2, 0) is 0 Å². The van der Waals surface area contributed by atoms with Crippen molar-refractivity contribution < 1.29 is 24.0 Å². The molecular formula is C14H22ILiO. The Balaban J connectivity index is 0. The van der Waals surface area contributed by atoms with Gasteiger partial charge in [0, 0.05) is 3.57 Å². The van der Waals surface area contributed by atoms with Crippen LogP contribution in [0.3, 0.4) is 0 Å². The van der Waals surface area contributed by atoms with Crippen molar-refractivity contribution >= 4 is 22.6 Å². The molecule has 1 rings (SSSR count). The van der Waals surface area contributed by atoms with Crippen molar-refractivity contribution in [3.8, 4) is 0 Å². The minimum absolute atomic E-state index is 0. The fourth-order valence-electron chi connectivity index (χ4n) is 1.28. The first-order valence-corrected chi connectivity index (χ1v) is 6.98. The minimum Gasteiger partial charge on any atom is -0.849 e. The topological polar surface area (TPSA) is 23.1 Å². The smallest absolute Gasteiger partial charge is 0.849 e. The van der Waals surface area contributed by atoms with Crippen molar-refractivity contribution in [1.82, 2.24) is 0 Å². The van der Waals surface area contributed by atoms with Crippen LogP contribution in [0.4, 0.5) is 0 Å². The summed E-state index contributed by atoms with van der Waals surface area (Å²) < 4.78 is 1.30. The second-order valence-corrected chi connectivity index (χ2v) is 5.28. The third kappa shape index (κ3) is 9.13. The molecule has 1 aromatic carbocycles. The van der Waals surface area contributed by atoms with Gasteiger partial charge in [-0.05, 0) is 41.6 Å². The average Bonchev–Trinajstić information content (AvgIpc) is 2.33. The molecule has 0 unspecified atom stereocenters. The molecule has 0 aliphatic heterocycles. The zero-order valence-corrected chi connectivity index (χ0v) is 13.9. The predicted molar refractivity (Wildman–Crippen MR) is 77.5 cm³/mol. The SMILES string of the molecule is CCC([O-])(CC)CC.Cc1ccc(I)cc1.[Li+]. The Hall–Kier alpha value is 0.507. The van der Waals surface area contributed by atoms with Gasteiger partial charge >= 0.3 is 18.9 Å². The molecule has 0 radical (unpaired) electrons. The molecule has 0 fully saturated rings. The van der Waals surface area contributed by atoms with Crippen LogP contribution >= 0.6 is 22.6 Å². The third-order valence-electron chi connectivity index (χ3n) is 2.94. The first-order valence-electron chi connectivity index (χ1n) is 5.90. The Kier molecular flexibility index (Phi) is 12.2. The number of hydrogen-bond acceptors (Lipinski definition) is 1. The van der Waals surface area contributed by atoms with E-state index in [0.29, 0.717) is 0 Å². The van der Waals surface area contributed by atoms with Gasteiger partial charge in [0.05, 0.1) is 0 Å². The molecule has 0 aliphatic rings. The van der Waals surface area contributed by atoms with Crippen molar-refractivity contribution in [2.24, 2.45) is 0 Å². The van der Waals surface area contributed by atoms with Crippen molar-refractivity contribution in [1.29, 1.82) is 0 Å². The summed E-state index contributed by atoms with van der Waals surface area (Å²) in [6.45, 7) is 7.97. The molecule has 0 heterocycles. The average molecular weight is 340 g/mol.